The number of carbonyl (C=O) groups is 1. The first-order chi connectivity index (χ1) is 9.17. The van der Waals surface area contributed by atoms with Crippen molar-refractivity contribution < 1.29 is 4.79 Å². The predicted molar refractivity (Wildman–Crippen MR) is 73.5 cm³/mol. The van der Waals surface area contributed by atoms with Crippen molar-refractivity contribution in [2.75, 3.05) is 11.1 Å². The zero-order chi connectivity index (χ0) is 13.7. The number of aromatic amines is 1. The molecule has 100 valence electrons. The van der Waals surface area contributed by atoms with E-state index in [0.29, 0.717) is 10.2 Å². The number of carbonyl (C=O) groups excluding carboxylic acids is 1. The van der Waals surface area contributed by atoms with E-state index >= 15 is 0 Å². The molecule has 7 nitrogen and oxygen atoms in total. The number of hydrogen-bond donors (Lipinski definition) is 2. The molecule has 2 heterocycles. The molecular formula is C10H11N5O2S2. The van der Waals surface area contributed by atoms with E-state index in [0.717, 1.165) is 11.4 Å². The van der Waals surface area contributed by atoms with Crippen molar-refractivity contribution in [1.29, 1.82) is 0 Å². The molecule has 0 spiro atoms. The minimum absolute atomic E-state index is 0.182. The lowest BCUT2D eigenvalue weighted by Crippen LogP contribution is -2.15. The minimum Gasteiger partial charge on any atom is -0.300 e. The van der Waals surface area contributed by atoms with Gasteiger partial charge in [0.25, 0.3) is 0 Å². The number of aromatic nitrogens is 4. The van der Waals surface area contributed by atoms with Crippen LogP contribution in [0.2, 0.25) is 0 Å². The quantitative estimate of drug-likeness (QED) is 0.628. The average molecular weight is 297 g/mol. The van der Waals surface area contributed by atoms with Crippen LogP contribution in [0, 0.1) is 0 Å². The highest BCUT2D eigenvalue weighted by Crippen LogP contribution is 2.17. The van der Waals surface area contributed by atoms with E-state index in [9.17, 15) is 9.59 Å². The van der Waals surface area contributed by atoms with Crippen LogP contribution in [0.4, 0.5) is 5.13 Å². The van der Waals surface area contributed by atoms with Gasteiger partial charge in [-0.2, -0.15) is 0 Å². The Labute approximate surface area is 116 Å². The van der Waals surface area contributed by atoms with Gasteiger partial charge in [0, 0.05) is 6.20 Å². The van der Waals surface area contributed by atoms with Crippen LogP contribution >= 0.6 is 23.1 Å². The molecule has 0 aliphatic heterocycles. The summed E-state index contributed by atoms with van der Waals surface area (Å²) in [6.45, 7) is 1.97. The standard InChI is InChI=1S/C10H11N5O2S2/c1-2-7-14-15-10(19-7)12-6(16)5-18-8-3-4-11-9(17)13-8/h3-4H,2,5H2,1H3,(H,11,13,17)(H,12,15,16). The van der Waals surface area contributed by atoms with Gasteiger partial charge in [-0.3, -0.25) is 10.1 Å². The first-order valence-corrected chi connectivity index (χ1v) is 7.28. The minimum atomic E-state index is -0.429. The van der Waals surface area contributed by atoms with Gasteiger partial charge in [-0.15, -0.1) is 10.2 Å². The van der Waals surface area contributed by atoms with Crippen LogP contribution in [0.25, 0.3) is 0 Å². The molecule has 9 heteroatoms. The Kier molecular flexibility index (Phi) is 4.63. The lowest BCUT2D eigenvalue weighted by molar-refractivity contribution is -0.113. The third-order valence-electron chi connectivity index (χ3n) is 2.02. The number of aryl methyl sites for hydroxylation is 1. The smallest absolute Gasteiger partial charge is 0.300 e. The van der Waals surface area contributed by atoms with E-state index in [2.05, 4.69) is 25.5 Å². The third kappa shape index (κ3) is 4.14. The van der Waals surface area contributed by atoms with E-state index in [1.54, 1.807) is 6.07 Å². The lowest BCUT2D eigenvalue weighted by atomic mass is 10.5. The summed E-state index contributed by atoms with van der Waals surface area (Å²) in [5.74, 6) is -0.0115. The Morgan fingerprint density at radius 2 is 2.37 bits per heavy atom. The summed E-state index contributed by atoms with van der Waals surface area (Å²) in [7, 11) is 0. The highest BCUT2D eigenvalue weighted by atomic mass is 32.2. The van der Waals surface area contributed by atoms with Crippen LogP contribution in [0.5, 0.6) is 0 Å². The van der Waals surface area contributed by atoms with Gasteiger partial charge in [0.1, 0.15) is 5.01 Å². The van der Waals surface area contributed by atoms with Gasteiger partial charge in [0.15, 0.2) is 0 Å². The molecular weight excluding hydrogens is 286 g/mol. The van der Waals surface area contributed by atoms with E-state index in [1.165, 1.54) is 29.3 Å². The molecule has 0 aliphatic rings. The molecule has 0 atom stereocenters. The van der Waals surface area contributed by atoms with E-state index in [4.69, 9.17) is 0 Å². The molecule has 0 radical (unpaired) electrons. The summed E-state index contributed by atoms with van der Waals surface area (Å²) < 4.78 is 0. The Balaban J connectivity index is 1.86. The summed E-state index contributed by atoms with van der Waals surface area (Å²) in [6.07, 6.45) is 2.19. The summed E-state index contributed by atoms with van der Waals surface area (Å²) in [5.41, 5.74) is -0.429. The zero-order valence-electron chi connectivity index (χ0n) is 10.0. The second-order valence-corrected chi connectivity index (χ2v) is 5.51. The van der Waals surface area contributed by atoms with Gasteiger partial charge in [0.2, 0.25) is 11.0 Å². The molecule has 0 bridgehead atoms. The number of nitrogens with one attached hydrogen (secondary N) is 2. The van der Waals surface area contributed by atoms with Gasteiger partial charge in [-0.25, -0.2) is 9.78 Å². The van der Waals surface area contributed by atoms with Crippen LogP contribution in [0.15, 0.2) is 22.1 Å². The SMILES string of the molecule is CCc1nnc(NC(=O)CSc2ccnc(=O)[nH]2)s1. The molecule has 0 fully saturated rings. The second-order valence-electron chi connectivity index (χ2n) is 3.43. The molecule has 1 amide bonds. The molecule has 0 saturated heterocycles. The van der Waals surface area contributed by atoms with Crippen LogP contribution in [0.3, 0.4) is 0 Å². The van der Waals surface area contributed by atoms with E-state index in [1.807, 2.05) is 6.92 Å². The van der Waals surface area contributed by atoms with Crippen molar-refractivity contribution in [3.05, 3.63) is 27.8 Å². The molecule has 2 aromatic heterocycles. The largest absolute Gasteiger partial charge is 0.345 e. The summed E-state index contributed by atoms with van der Waals surface area (Å²) in [5, 5.41) is 12.4. The van der Waals surface area contributed by atoms with Crippen LogP contribution in [0.1, 0.15) is 11.9 Å². The van der Waals surface area contributed by atoms with Crippen LogP contribution in [-0.2, 0) is 11.2 Å². The van der Waals surface area contributed by atoms with Crippen molar-refractivity contribution in [3.63, 3.8) is 0 Å². The fraction of sp³-hybridized carbons (Fsp3) is 0.300. The maximum absolute atomic E-state index is 11.7. The van der Waals surface area contributed by atoms with Crippen molar-refractivity contribution in [1.82, 2.24) is 20.2 Å². The van der Waals surface area contributed by atoms with Gasteiger partial charge >= 0.3 is 5.69 Å². The van der Waals surface area contributed by atoms with Crippen molar-refractivity contribution in [2.45, 2.75) is 18.4 Å². The number of anilines is 1. The average Bonchev–Trinajstić information content (AvgIpc) is 2.84. The molecule has 2 aromatic rings. The fourth-order valence-electron chi connectivity index (χ4n) is 1.18. The topological polar surface area (TPSA) is 101 Å². The van der Waals surface area contributed by atoms with Gasteiger partial charge < -0.3 is 4.98 Å². The first kappa shape index (κ1) is 13.7. The number of amides is 1. The van der Waals surface area contributed by atoms with Crippen LogP contribution < -0.4 is 11.0 Å². The fourth-order valence-corrected chi connectivity index (χ4v) is 2.55. The second kappa shape index (κ2) is 6.43. The molecule has 0 aliphatic carbocycles. The number of rotatable bonds is 5. The number of nitrogens with zero attached hydrogens (tertiary/aromatic N) is 3. The summed E-state index contributed by atoms with van der Waals surface area (Å²) in [4.78, 5) is 28.7. The lowest BCUT2D eigenvalue weighted by Gasteiger charge is -2.00. The maximum atomic E-state index is 11.7. The van der Waals surface area contributed by atoms with Gasteiger partial charge in [-0.1, -0.05) is 30.0 Å². The first-order valence-electron chi connectivity index (χ1n) is 5.47. The number of hydrogen-bond acceptors (Lipinski definition) is 7. The Morgan fingerprint density at radius 1 is 1.53 bits per heavy atom. The van der Waals surface area contributed by atoms with E-state index in [-0.39, 0.29) is 11.7 Å². The van der Waals surface area contributed by atoms with Crippen molar-refractivity contribution in [3.8, 4) is 0 Å². The maximum Gasteiger partial charge on any atom is 0.345 e. The molecule has 2 rings (SSSR count). The normalized spacial score (nSPS) is 10.4. The summed E-state index contributed by atoms with van der Waals surface area (Å²) in [6, 6.07) is 1.64. The highest BCUT2D eigenvalue weighted by Gasteiger charge is 2.08. The van der Waals surface area contributed by atoms with E-state index < -0.39 is 5.69 Å². The summed E-state index contributed by atoms with van der Waals surface area (Å²) >= 11 is 2.58. The Morgan fingerprint density at radius 3 is 3.05 bits per heavy atom. The molecule has 2 N–H and O–H groups in total. The molecule has 19 heavy (non-hydrogen) atoms. The van der Waals surface area contributed by atoms with Gasteiger partial charge in [-0.05, 0) is 12.5 Å². The zero-order valence-corrected chi connectivity index (χ0v) is 11.7. The Hall–Kier alpha value is -1.74. The molecule has 0 saturated carbocycles. The monoisotopic (exact) mass is 297 g/mol. The predicted octanol–water partition coefficient (Wildman–Crippen LogP) is 0.915. The molecule has 0 unspecified atom stereocenters. The Bertz CT molecular complexity index is 624. The van der Waals surface area contributed by atoms with Crippen molar-refractivity contribution >= 4 is 34.1 Å². The molecule has 0 aromatic carbocycles. The van der Waals surface area contributed by atoms with Crippen molar-refractivity contribution in [2.24, 2.45) is 0 Å². The number of thioether (sulfide) groups is 1. The highest BCUT2D eigenvalue weighted by molar-refractivity contribution is 7.99. The van der Waals surface area contributed by atoms with Crippen LogP contribution in [-0.4, -0.2) is 31.8 Å². The third-order valence-corrected chi connectivity index (χ3v) is 3.96. The number of H-pyrrole nitrogens is 1. The van der Waals surface area contributed by atoms with Gasteiger partial charge in [0.05, 0.1) is 10.8 Å².